The highest BCUT2D eigenvalue weighted by Crippen LogP contribution is 2.15. The maximum absolute atomic E-state index is 9.45. The summed E-state index contributed by atoms with van der Waals surface area (Å²) >= 11 is 5.88. The maximum atomic E-state index is 9.45. The van der Waals surface area contributed by atoms with Crippen molar-refractivity contribution in [2.24, 2.45) is 0 Å². The summed E-state index contributed by atoms with van der Waals surface area (Å²) in [4.78, 5) is 11.8. The van der Waals surface area contributed by atoms with Crippen molar-refractivity contribution in [1.29, 1.82) is 0 Å². The molecule has 0 spiro atoms. The molecule has 0 fully saturated rings. The SMILES string of the molecule is CC(O)c1cccc(C#Cc2c(N)ncnc2Cl)n1. The van der Waals surface area contributed by atoms with E-state index in [1.54, 1.807) is 25.1 Å². The second-order valence-electron chi connectivity index (χ2n) is 3.80. The van der Waals surface area contributed by atoms with Crippen molar-refractivity contribution in [1.82, 2.24) is 15.0 Å². The number of anilines is 1. The Hall–Kier alpha value is -2.16. The summed E-state index contributed by atoms with van der Waals surface area (Å²) in [6, 6.07) is 5.22. The average Bonchev–Trinajstić information content (AvgIpc) is 2.38. The Morgan fingerprint density at radius 2 is 2.11 bits per heavy atom. The zero-order valence-electron chi connectivity index (χ0n) is 10.1. The molecule has 0 aliphatic carbocycles. The highest BCUT2D eigenvalue weighted by molar-refractivity contribution is 6.30. The molecule has 1 atom stereocenters. The lowest BCUT2D eigenvalue weighted by atomic mass is 10.2. The Morgan fingerprint density at radius 3 is 2.79 bits per heavy atom. The van der Waals surface area contributed by atoms with Crippen LogP contribution in [0.3, 0.4) is 0 Å². The van der Waals surface area contributed by atoms with Crippen molar-refractivity contribution >= 4 is 17.4 Å². The summed E-state index contributed by atoms with van der Waals surface area (Å²) in [6.45, 7) is 1.64. The van der Waals surface area contributed by atoms with Crippen LogP contribution in [0, 0.1) is 11.8 Å². The molecular formula is C13H11ClN4O. The van der Waals surface area contributed by atoms with Crippen molar-refractivity contribution in [3.63, 3.8) is 0 Å². The highest BCUT2D eigenvalue weighted by Gasteiger charge is 2.04. The second-order valence-corrected chi connectivity index (χ2v) is 4.16. The molecule has 0 aromatic carbocycles. The zero-order chi connectivity index (χ0) is 13.8. The first-order valence-electron chi connectivity index (χ1n) is 5.51. The van der Waals surface area contributed by atoms with E-state index in [1.165, 1.54) is 6.33 Å². The first-order valence-corrected chi connectivity index (χ1v) is 5.88. The summed E-state index contributed by atoms with van der Waals surface area (Å²) in [6.07, 6.45) is 0.630. The van der Waals surface area contributed by atoms with Gasteiger partial charge in [0.2, 0.25) is 0 Å². The van der Waals surface area contributed by atoms with Gasteiger partial charge in [0.05, 0.1) is 11.8 Å². The molecule has 5 nitrogen and oxygen atoms in total. The Balaban J connectivity index is 2.37. The molecule has 0 bridgehead atoms. The Morgan fingerprint density at radius 1 is 1.32 bits per heavy atom. The number of pyridine rings is 1. The minimum absolute atomic E-state index is 0.201. The quantitative estimate of drug-likeness (QED) is 0.609. The van der Waals surface area contributed by atoms with Gasteiger partial charge < -0.3 is 10.8 Å². The van der Waals surface area contributed by atoms with E-state index in [4.69, 9.17) is 17.3 Å². The molecule has 0 saturated heterocycles. The van der Waals surface area contributed by atoms with Crippen LogP contribution in [0.5, 0.6) is 0 Å². The third-order valence-corrected chi connectivity index (χ3v) is 2.63. The molecule has 1 unspecified atom stereocenters. The van der Waals surface area contributed by atoms with Gasteiger partial charge in [-0.05, 0) is 25.0 Å². The van der Waals surface area contributed by atoms with Crippen LogP contribution in [-0.4, -0.2) is 20.1 Å². The van der Waals surface area contributed by atoms with E-state index >= 15 is 0 Å². The monoisotopic (exact) mass is 274 g/mol. The predicted octanol–water partition coefficient (Wildman–Crippen LogP) is 1.56. The van der Waals surface area contributed by atoms with E-state index in [1.807, 2.05) is 0 Å². The number of hydrogen-bond acceptors (Lipinski definition) is 5. The highest BCUT2D eigenvalue weighted by atomic mass is 35.5. The Bertz CT molecular complexity index is 641. The number of hydrogen-bond donors (Lipinski definition) is 2. The van der Waals surface area contributed by atoms with Gasteiger partial charge >= 0.3 is 0 Å². The number of halogens is 1. The molecule has 0 aliphatic rings. The normalized spacial score (nSPS) is 11.5. The molecular weight excluding hydrogens is 264 g/mol. The van der Waals surface area contributed by atoms with E-state index in [-0.39, 0.29) is 11.0 Å². The van der Waals surface area contributed by atoms with E-state index in [0.29, 0.717) is 17.0 Å². The van der Waals surface area contributed by atoms with Crippen LogP contribution in [0.15, 0.2) is 24.5 Å². The van der Waals surface area contributed by atoms with Gasteiger partial charge in [-0.2, -0.15) is 0 Å². The van der Waals surface area contributed by atoms with Crippen molar-refractivity contribution in [3.8, 4) is 11.8 Å². The maximum Gasteiger partial charge on any atom is 0.150 e. The predicted molar refractivity (Wildman–Crippen MR) is 72.3 cm³/mol. The molecule has 2 heterocycles. The molecule has 0 saturated carbocycles. The van der Waals surface area contributed by atoms with Crippen LogP contribution in [0.25, 0.3) is 0 Å². The number of aromatic nitrogens is 3. The van der Waals surface area contributed by atoms with Crippen LogP contribution in [0.2, 0.25) is 5.15 Å². The molecule has 96 valence electrons. The van der Waals surface area contributed by atoms with Crippen LogP contribution in [0.1, 0.15) is 30.0 Å². The average molecular weight is 275 g/mol. The molecule has 2 aromatic rings. The second kappa shape index (κ2) is 5.65. The third kappa shape index (κ3) is 3.19. The minimum Gasteiger partial charge on any atom is -0.387 e. The van der Waals surface area contributed by atoms with Crippen molar-refractivity contribution in [2.45, 2.75) is 13.0 Å². The summed E-state index contributed by atoms with van der Waals surface area (Å²) in [7, 11) is 0. The van der Waals surface area contributed by atoms with Crippen LogP contribution in [0.4, 0.5) is 5.82 Å². The lowest BCUT2D eigenvalue weighted by Crippen LogP contribution is -1.98. The number of aliphatic hydroxyl groups is 1. The topological polar surface area (TPSA) is 84.9 Å². The smallest absolute Gasteiger partial charge is 0.150 e. The van der Waals surface area contributed by atoms with Crippen LogP contribution in [-0.2, 0) is 0 Å². The summed E-state index contributed by atoms with van der Waals surface area (Å²) in [5.74, 6) is 5.83. The number of aliphatic hydroxyl groups excluding tert-OH is 1. The van der Waals surface area contributed by atoms with Crippen LogP contribution >= 0.6 is 11.6 Å². The fourth-order valence-corrected chi connectivity index (χ4v) is 1.56. The van der Waals surface area contributed by atoms with Gasteiger partial charge in [-0.1, -0.05) is 23.6 Å². The molecule has 0 amide bonds. The van der Waals surface area contributed by atoms with Gasteiger partial charge in [0.25, 0.3) is 0 Å². The molecule has 2 rings (SSSR count). The number of nitrogen functional groups attached to an aromatic ring is 1. The first-order chi connectivity index (χ1) is 9.08. The number of nitrogens with zero attached hydrogens (tertiary/aromatic N) is 3. The lowest BCUT2D eigenvalue weighted by molar-refractivity contribution is 0.194. The van der Waals surface area contributed by atoms with Gasteiger partial charge in [-0.3, -0.25) is 0 Å². The molecule has 6 heteroatoms. The number of nitrogens with two attached hydrogens (primary N) is 1. The van der Waals surface area contributed by atoms with E-state index < -0.39 is 6.10 Å². The van der Waals surface area contributed by atoms with Gasteiger partial charge in [0.15, 0.2) is 0 Å². The van der Waals surface area contributed by atoms with E-state index in [9.17, 15) is 5.11 Å². The number of rotatable bonds is 1. The molecule has 0 radical (unpaired) electrons. The first kappa shape index (κ1) is 13.3. The van der Waals surface area contributed by atoms with Crippen LogP contribution < -0.4 is 5.73 Å². The van der Waals surface area contributed by atoms with E-state index in [0.717, 1.165) is 0 Å². The summed E-state index contributed by atoms with van der Waals surface area (Å²) < 4.78 is 0. The Kier molecular flexibility index (Phi) is 3.95. The largest absolute Gasteiger partial charge is 0.387 e. The fraction of sp³-hybridized carbons (Fsp3) is 0.154. The Labute approximate surface area is 115 Å². The summed E-state index contributed by atoms with van der Waals surface area (Å²) in [5.41, 5.74) is 7.10. The molecule has 19 heavy (non-hydrogen) atoms. The fourth-order valence-electron chi connectivity index (χ4n) is 1.37. The standard InChI is InChI=1S/C13H11ClN4O/c1-8(19)11-4-2-3-9(18-11)5-6-10-12(14)16-7-17-13(10)15/h2-4,7-8,19H,1H3,(H2,15,16,17). The molecule has 0 aliphatic heterocycles. The van der Waals surface area contributed by atoms with Gasteiger partial charge in [0, 0.05) is 0 Å². The lowest BCUT2D eigenvalue weighted by Gasteiger charge is -2.02. The van der Waals surface area contributed by atoms with Gasteiger partial charge in [0.1, 0.15) is 28.6 Å². The van der Waals surface area contributed by atoms with Gasteiger partial charge in [-0.15, -0.1) is 0 Å². The van der Waals surface area contributed by atoms with E-state index in [2.05, 4.69) is 26.8 Å². The van der Waals surface area contributed by atoms with Crippen molar-refractivity contribution in [3.05, 3.63) is 46.6 Å². The zero-order valence-corrected chi connectivity index (χ0v) is 10.9. The molecule has 2 aromatic heterocycles. The van der Waals surface area contributed by atoms with Crippen molar-refractivity contribution < 1.29 is 5.11 Å². The minimum atomic E-state index is -0.643. The van der Waals surface area contributed by atoms with Gasteiger partial charge in [-0.25, -0.2) is 15.0 Å². The molecule has 3 N–H and O–H groups in total. The summed E-state index contributed by atoms with van der Waals surface area (Å²) in [5, 5.41) is 9.65. The third-order valence-electron chi connectivity index (χ3n) is 2.34. The van der Waals surface area contributed by atoms with Crippen molar-refractivity contribution in [2.75, 3.05) is 5.73 Å².